The van der Waals surface area contributed by atoms with Gasteiger partial charge in [0, 0.05) is 31.9 Å². The molecule has 1 radical (unpaired) electrons. The van der Waals surface area contributed by atoms with Crippen molar-refractivity contribution in [3.05, 3.63) is 36.8 Å². The first-order valence-corrected chi connectivity index (χ1v) is 7.20. The Morgan fingerprint density at radius 3 is 1.76 bits per heavy atom. The van der Waals surface area contributed by atoms with Crippen LogP contribution in [0.5, 0.6) is 0 Å². The highest BCUT2D eigenvalue weighted by molar-refractivity contribution is 5.87. The van der Waals surface area contributed by atoms with Crippen LogP contribution in [0.4, 0.5) is 32.0 Å². The van der Waals surface area contributed by atoms with Gasteiger partial charge in [-0.2, -0.15) is 26.3 Å². The van der Waals surface area contributed by atoms with Crippen molar-refractivity contribution in [3.63, 3.8) is 0 Å². The van der Waals surface area contributed by atoms with Gasteiger partial charge in [-0.25, -0.2) is 0 Å². The average molecular weight is 369 g/mol. The van der Waals surface area contributed by atoms with E-state index in [0.29, 0.717) is 10.6 Å². The number of carbonyl (C=O) groups excluding carboxylic acids is 1. The maximum Gasteiger partial charge on any atom is 0.435 e. The van der Waals surface area contributed by atoms with Gasteiger partial charge < -0.3 is 14.9 Å². The van der Waals surface area contributed by atoms with Gasteiger partial charge in [-0.3, -0.25) is 4.79 Å². The number of amides is 1. The Hall–Kier alpha value is -1.97. The largest absolute Gasteiger partial charge is 0.435 e. The van der Waals surface area contributed by atoms with E-state index in [-0.39, 0.29) is 26.2 Å². The molecule has 139 valence electrons. The summed E-state index contributed by atoms with van der Waals surface area (Å²) < 4.78 is 76.5. The van der Waals surface area contributed by atoms with Crippen molar-refractivity contribution >= 4 is 11.6 Å². The minimum Gasteiger partial charge on any atom is -0.368 e. The molecule has 0 aliphatic carbocycles. The van der Waals surface area contributed by atoms with Crippen molar-refractivity contribution in [2.45, 2.75) is 18.0 Å². The molecule has 25 heavy (non-hydrogen) atoms. The molecule has 1 saturated heterocycles. The second-order valence-electron chi connectivity index (χ2n) is 5.65. The van der Waals surface area contributed by atoms with Gasteiger partial charge in [-0.05, 0) is 24.6 Å². The number of aliphatic hydroxyl groups is 1. The van der Waals surface area contributed by atoms with Crippen molar-refractivity contribution in [1.29, 1.82) is 0 Å². The lowest BCUT2D eigenvalue weighted by molar-refractivity contribution is -0.353. The summed E-state index contributed by atoms with van der Waals surface area (Å²) in [6.07, 6.45) is -12.3. The van der Waals surface area contributed by atoms with Gasteiger partial charge in [0.1, 0.15) is 0 Å². The van der Waals surface area contributed by atoms with E-state index in [9.17, 15) is 31.1 Å². The molecule has 0 saturated carbocycles. The summed E-state index contributed by atoms with van der Waals surface area (Å²) in [5.74, 6) is -2.40. The molecule has 1 aromatic rings. The molecule has 1 aromatic carbocycles. The van der Waals surface area contributed by atoms with Crippen LogP contribution in [0.3, 0.4) is 0 Å². The molecule has 1 N–H and O–H groups in total. The Kier molecular flexibility index (Phi) is 4.95. The van der Waals surface area contributed by atoms with Gasteiger partial charge in [0.2, 0.25) is 0 Å². The Labute approximate surface area is 139 Å². The molecular formula is C15H15F6N2O2. The van der Waals surface area contributed by atoms with Crippen LogP contribution in [-0.2, 0) is 4.79 Å². The lowest BCUT2D eigenvalue weighted by Gasteiger charge is -2.40. The van der Waals surface area contributed by atoms with E-state index in [4.69, 9.17) is 5.11 Å². The number of alkyl halides is 6. The van der Waals surface area contributed by atoms with Crippen LogP contribution in [0.2, 0.25) is 0 Å². The molecule has 1 aliphatic rings. The van der Waals surface area contributed by atoms with Gasteiger partial charge in [-0.15, -0.1) is 0 Å². The third kappa shape index (κ3) is 3.53. The number of benzene rings is 1. The number of piperazine rings is 1. The summed E-state index contributed by atoms with van der Waals surface area (Å²) in [7, 11) is 0. The Morgan fingerprint density at radius 2 is 1.36 bits per heavy atom. The van der Waals surface area contributed by atoms with E-state index in [0.717, 1.165) is 5.56 Å². The lowest BCUT2D eigenvalue weighted by Crippen LogP contribution is -2.68. The molecule has 0 unspecified atom stereocenters. The highest BCUT2D eigenvalue weighted by atomic mass is 19.4. The molecule has 1 aliphatic heterocycles. The van der Waals surface area contributed by atoms with Crippen molar-refractivity contribution in [2.24, 2.45) is 0 Å². The molecule has 2 rings (SSSR count). The zero-order valence-corrected chi connectivity index (χ0v) is 12.9. The van der Waals surface area contributed by atoms with Crippen LogP contribution in [0, 0.1) is 6.92 Å². The van der Waals surface area contributed by atoms with Gasteiger partial charge in [0.15, 0.2) is 0 Å². The first-order chi connectivity index (χ1) is 11.4. The summed E-state index contributed by atoms with van der Waals surface area (Å²) in [5, 5.41) is 9.16. The highest BCUT2D eigenvalue weighted by Crippen LogP contribution is 2.44. The smallest absolute Gasteiger partial charge is 0.368 e. The molecule has 1 amide bonds. The summed E-state index contributed by atoms with van der Waals surface area (Å²) in [6.45, 7) is 3.02. The minimum atomic E-state index is -6.16. The summed E-state index contributed by atoms with van der Waals surface area (Å²) in [4.78, 5) is 13.9. The van der Waals surface area contributed by atoms with Gasteiger partial charge in [0.05, 0.1) is 0 Å². The molecule has 0 atom stereocenters. The number of anilines is 1. The van der Waals surface area contributed by atoms with Crippen molar-refractivity contribution in [2.75, 3.05) is 31.1 Å². The zero-order valence-electron chi connectivity index (χ0n) is 12.9. The molecule has 10 heteroatoms. The van der Waals surface area contributed by atoms with Crippen LogP contribution in [0.25, 0.3) is 0 Å². The van der Waals surface area contributed by atoms with E-state index in [1.807, 2.05) is 0 Å². The Bertz CT molecular complexity index is 604. The van der Waals surface area contributed by atoms with Crippen molar-refractivity contribution in [3.8, 4) is 0 Å². The SMILES string of the molecule is [CH2]c1ccc(N2CCN(C(=O)C(O)(C(F)(F)F)C(F)(F)F)CC2)cc1. The van der Waals surface area contributed by atoms with Crippen LogP contribution in [-0.4, -0.2) is 60.0 Å². The van der Waals surface area contributed by atoms with Gasteiger partial charge in [-0.1, -0.05) is 12.1 Å². The molecule has 0 aromatic heterocycles. The number of rotatable bonds is 2. The molecule has 0 bridgehead atoms. The maximum atomic E-state index is 12.8. The molecule has 4 nitrogen and oxygen atoms in total. The molecule has 1 heterocycles. The van der Waals surface area contributed by atoms with E-state index < -0.39 is 23.9 Å². The molecule has 1 fully saturated rings. The lowest BCUT2D eigenvalue weighted by atomic mass is 10.00. The number of carbonyl (C=O) groups is 1. The number of hydrogen-bond acceptors (Lipinski definition) is 3. The van der Waals surface area contributed by atoms with Crippen molar-refractivity contribution in [1.82, 2.24) is 4.90 Å². The standard InChI is InChI=1S/C15H15F6N2O2/c1-10-2-4-11(5-3-10)22-6-8-23(9-7-22)12(24)13(25,14(16,17)18)15(19,20)21/h2-5,25H,1,6-9H2. The summed E-state index contributed by atoms with van der Waals surface area (Å²) >= 11 is 0. The fourth-order valence-electron chi connectivity index (χ4n) is 2.51. The number of halogens is 6. The van der Waals surface area contributed by atoms with Crippen LogP contribution in [0.15, 0.2) is 24.3 Å². The fraction of sp³-hybridized carbons (Fsp3) is 0.467. The third-order valence-electron chi connectivity index (χ3n) is 4.00. The third-order valence-corrected chi connectivity index (χ3v) is 4.00. The van der Waals surface area contributed by atoms with E-state index in [2.05, 4.69) is 6.92 Å². The molecule has 0 spiro atoms. The first kappa shape index (κ1) is 19.4. The topological polar surface area (TPSA) is 43.8 Å². The average Bonchev–Trinajstić information content (AvgIpc) is 2.52. The fourth-order valence-corrected chi connectivity index (χ4v) is 2.51. The van der Waals surface area contributed by atoms with E-state index in [1.165, 1.54) is 0 Å². The highest BCUT2D eigenvalue weighted by Gasteiger charge is 2.76. The monoisotopic (exact) mass is 369 g/mol. The molecular weight excluding hydrogens is 354 g/mol. The Balaban J connectivity index is 2.13. The number of hydrogen-bond donors (Lipinski definition) is 1. The van der Waals surface area contributed by atoms with Gasteiger partial charge in [0.25, 0.3) is 5.91 Å². The van der Waals surface area contributed by atoms with Crippen LogP contribution in [0.1, 0.15) is 5.56 Å². The number of nitrogens with zero attached hydrogens (tertiary/aromatic N) is 2. The first-order valence-electron chi connectivity index (χ1n) is 7.20. The normalized spacial score (nSPS) is 17.0. The Morgan fingerprint density at radius 1 is 0.920 bits per heavy atom. The second-order valence-corrected chi connectivity index (χ2v) is 5.65. The minimum absolute atomic E-state index is 0.0357. The van der Waals surface area contributed by atoms with Gasteiger partial charge >= 0.3 is 18.0 Å². The quantitative estimate of drug-likeness (QED) is 0.815. The predicted molar refractivity (Wildman–Crippen MR) is 76.8 cm³/mol. The summed E-state index contributed by atoms with van der Waals surface area (Å²) in [6, 6.07) is 6.83. The second kappa shape index (κ2) is 6.40. The zero-order chi connectivity index (χ0) is 19.0. The maximum absolute atomic E-state index is 12.8. The van der Waals surface area contributed by atoms with Crippen LogP contribution < -0.4 is 4.90 Å². The van der Waals surface area contributed by atoms with Crippen LogP contribution >= 0.6 is 0 Å². The van der Waals surface area contributed by atoms with E-state index in [1.54, 1.807) is 29.2 Å². The van der Waals surface area contributed by atoms with E-state index >= 15 is 0 Å². The van der Waals surface area contributed by atoms with Crippen molar-refractivity contribution < 1.29 is 36.2 Å². The predicted octanol–water partition coefficient (Wildman–Crippen LogP) is 2.37. The summed E-state index contributed by atoms with van der Waals surface area (Å²) in [5.41, 5.74) is -3.95.